The van der Waals surface area contributed by atoms with E-state index in [9.17, 15) is 0 Å². The van der Waals surface area contributed by atoms with E-state index in [-0.39, 0.29) is 0 Å². The monoisotopic (exact) mass is 280 g/mol. The Morgan fingerprint density at radius 2 is 2.05 bits per heavy atom. The van der Waals surface area contributed by atoms with Gasteiger partial charge >= 0.3 is 0 Å². The Labute approximate surface area is 125 Å². The van der Waals surface area contributed by atoms with Crippen molar-refractivity contribution in [2.75, 3.05) is 13.1 Å². The molecule has 1 aliphatic heterocycles. The molecule has 3 rings (SSSR count). The minimum atomic E-state index is 0.623. The van der Waals surface area contributed by atoms with E-state index in [2.05, 4.69) is 22.5 Å². The Morgan fingerprint density at radius 1 is 1.14 bits per heavy atom. The van der Waals surface area contributed by atoms with Crippen LogP contribution in [0.15, 0.2) is 54.9 Å². The molecule has 0 unspecified atom stereocenters. The fourth-order valence-corrected chi connectivity index (χ4v) is 2.50. The van der Waals surface area contributed by atoms with E-state index in [1.165, 1.54) is 12.8 Å². The lowest BCUT2D eigenvalue weighted by Gasteiger charge is -2.19. The van der Waals surface area contributed by atoms with Gasteiger partial charge in [0.1, 0.15) is 11.5 Å². The summed E-state index contributed by atoms with van der Waals surface area (Å²) in [4.78, 5) is 4.25. The third-order valence-corrected chi connectivity index (χ3v) is 3.61. The number of hydrogen-bond acceptors (Lipinski definition) is 3. The van der Waals surface area contributed by atoms with Gasteiger partial charge in [0, 0.05) is 12.7 Å². The van der Waals surface area contributed by atoms with Crippen molar-refractivity contribution in [3.63, 3.8) is 0 Å². The quantitative estimate of drug-likeness (QED) is 0.922. The second kappa shape index (κ2) is 7.04. The van der Waals surface area contributed by atoms with Crippen LogP contribution in [0.25, 0.3) is 6.08 Å². The minimum Gasteiger partial charge on any atom is -0.456 e. The predicted octanol–water partition coefficient (Wildman–Crippen LogP) is 3.89. The van der Waals surface area contributed by atoms with Crippen LogP contribution >= 0.6 is 0 Å². The van der Waals surface area contributed by atoms with Gasteiger partial charge in [-0.1, -0.05) is 30.4 Å². The summed E-state index contributed by atoms with van der Waals surface area (Å²) in [5.74, 6) is 2.22. The van der Waals surface area contributed by atoms with Gasteiger partial charge in [0.05, 0.1) is 6.20 Å². The maximum absolute atomic E-state index is 5.80. The summed E-state index contributed by atoms with van der Waals surface area (Å²) in [5, 5.41) is 3.42. The lowest BCUT2D eigenvalue weighted by Crippen LogP contribution is -2.28. The minimum absolute atomic E-state index is 0.623. The van der Waals surface area contributed by atoms with E-state index in [1.807, 2.05) is 42.6 Å². The van der Waals surface area contributed by atoms with Crippen LogP contribution in [0.1, 0.15) is 18.4 Å². The molecule has 1 saturated heterocycles. The second-order valence-electron chi connectivity index (χ2n) is 5.33. The van der Waals surface area contributed by atoms with Gasteiger partial charge < -0.3 is 10.1 Å². The maximum atomic E-state index is 5.80. The molecular formula is C18H20N2O. The molecule has 1 fully saturated rings. The number of para-hydroxylation sites is 1. The molecule has 1 atom stereocenters. The van der Waals surface area contributed by atoms with Crippen LogP contribution in [0.4, 0.5) is 0 Å². The van der Waals surface area contributed by atoms with Crippen LogP contribution in [0.3, 0.4) is 0 Å². The lowest BCUT2D eigenvalue weighted by molar-refractivity contribution is 0.439. The van der Waals surface area contributed by atoms with Gasteiger partial charge in [-0.25, -0.2) is 0 Å². The first-order valence-corrected chi connectivity index (χ1v) is 7.47. The predicted molar refractivity (Wildman–Crippen MR) is 85.4 cm³/mol. The molecule has 1 aromatic carbocycles. The molecule has 1 aliphatic rings. The molecule has 3 nitrogen and oxygen atoms in total. The molecule has 21 heavy (non-hydrogen) atoms. The second-order valence-corrected chi connectivity index (χ2v) is 5.33. The first-order chi connectivity index (χ1) is 10.4. The molecule has 1 N–H and O–H groups in total. The van der Waals surface area contributed by atoms with E-state index in [0.29, 0.717) is 5.92 Å². The van der Waals surface area contributed by atoms with Gasteiger partial charge in [-0.2, -0.15) is 0 Å². The number of rotatable bonds is 4. The summed E-state index contributed by atoms with van der Waals surface area (Å²) in [6, 6.07) is 11.8. The highest BCUT2D eigenvalue weighted by Gasteiger charge is 2.08. The van der Waals surface area contributed by atoms with Crippen molar-refractivity contribution in [2.24, 2.45) is 5.92 Å². The Morgan fingerprint density at radius 3 is 2.86 bits per heavy atom. The van der Waals surface area contributed by atoms with Gasteiger partial charge in [0.2, 0.25) is 0 Å². The molecule has 0 spiro atoms. The molecule has 2 aromatic rings. The van der Waals surface area contributed by atoms with Crippen molar-refractivity contribution >= 4 is 6.08 Å². The van der Waals surface area contributed by atoms with E-state index in [0.717, 1.165) is 30.2 Å². The average Bonchev–Trinajstić information content (AvgIpc) is 2.55. The maximum Gasteiger partial charge on any atom is 0.146 e. The van der Waals surface area contributed by atoms with Crippen molar-refractivity contribution in [1.82, 2.24) is 10.3 Å². The van der Waals surface area contributed by atoms with Gasteiger partial charge in [0.25, 0.3) is 0 Å². The SMILES string of the molecule is C(=C\[C@H]1CCCNC1)/c1cncc(Oc2ccccc2)c1. The molecule has 0 aliphatic carbocycles. The van der Waals surface area contributed by atoms with Gasteiger partial charge in [-0.3, -0.25) is 4.98 Å². The van der Waals surface area contributed by atoms with Gasteiger partial charge in [-0.05, 0) is 49.1 Å². The molecular weight excluding hydrogens is 260 g/mol. The van der Waals surface area contributed by atoms with Crippen LogP contribution < -0.4 is 10.1 Å². The Kier molecular flexibility index (Phi) is 4.64. The summed E-state index contributed by atoms with van der Waals surface area (Å²) in [6.07, 6.45) is 10.5. The average molecular weight is 280 g/mol. The standard InChI is InChI=1S/C18H20N2O/c1-2-6-17(7-3-1)21-18-11-16(13-20-14-18)9-8-15-5-4-10-19-12-15/h1-3,6-9,11,13-15,19H,4-5,10,12H2/b9-8+/t15-/m1/s1. The van der Waals surface area contributed by atoms with Crippen LogP contribution in [-0.2, 0) is 0 Å². The first kappa shape index (κ1) is 13.8. The molecule has 0 saturated carbocycles. The molecule has 108 valence electrons. The number of nitrogens with zero attached hydrogens (tertiary/aromatic N) is 1. The molecule has 2 heterocycles. The third kappa shape index (κ3) is 4.17. The van der Waals surface area contributed by atoms with Crippen molar-refractivity contribution in [3.8, 4) is 11.5 Å². The Balaban J connectivity index is 1.66. The summed E-state index contributed by atoms with van der Waals surface area (Å²) < 4.78 is 5.80. The van der Waals surface area contributed by atoms with Crippen molar-refractivity contribution < 1.29 is 4.74 Å². The number of pyridine rings is 1. The first-order valence-electron chi connectivity index (χ1n) is 7.47. The molecule has 1 aromatic heterocycles. The summed E-state index contributed by atoms with van der Waals surface area (Å²) in [7, 11) is 0. The smallest absolute Gasteiger partial charge is 0.146 e. The van der Waals surface area contributed by atoms with E-state index >= 15 is 0 Å². The fourth-order valence-electron chi connectivity index (χ4n) is 2.50. The highest BCUT2D eigenvalue weighted by Crippen LogP contribution is 2.21. The summed E-state index contributed by atoms with van der Waals surface area (Å²) >= 11 is 0. The molecule has 0 radical (unpaired) electrons. The number of piperidine rings is 1. The van der Waals surface area contributed by atoms with Crippen LogP contribution in [0.2, 0.25) is 0 Å². The number of hydrogen-bond donors (Lipinski definition) is 1. The Bertz CT molecular complexity index is 589. The number of nitrogens with one attached hydrogen (secondary N) is 1. The van der Waals surface area contributed by atoms with Crippen LogP contribution in [0.5, 0.6) is 11.5 Å². The van der Waals surface area contributed by atoms with Crippen LogP contribution in [-0.4, -0.2) is 18.1 Å². The third-order valence-electron chi connectivity index (χ3n) is 3.61. The largest absolute Gasteiger partial charge is 0.456 e. The normalized spacial score (nSPS) is 18.8. The number of aromatic nitrogens is 1. The van der Waals surface area contributed by atoms with Crippen molar-refractivity contribution in [3.05, 3.63) is 60.4 Å². The highest BCUT2D eigenvalue weighted by atomic mass is 16.5. The molecule has 0 amide bonds. The Hall–Kier alpha value is -2.13. The molecule has 0 bridgehead atoms. The summed E-state index contributed by atoms with van der Waals surface area (Å²) in [5.41, 5.74) is 1.08. The number of benzene rings is 1. The van der Waals surface area contributed by atoms with Crippen molar-refractivity contribution in [1.29, 1.82) is 0 Å². The topological polar surface area (TPSA) is 34.2 Å². The van der Waals surface area contributed by atoms with Gasteiger partial charge in [-0.15, -0.1) is 0 Å². The fraction of sp³-hybridized carbons (Fsp3) is 0.278. The molecule has 3 heteroatoms. The highest BCUT2D eigenvalue weighted by molar-refractivity contribution is 5.50. The number of ether oxygens (including phenoxy) is 1. The van der Waals surface area contributed by atoms with Crippen molar-refractivity contribution in [2.45, 2.75) is 12.8 Å². The van der Waals surface area contributed by atoms with E-state index in [4.69, 9.17) is 4.74 Å². The van der Waals surface area contributed by atoms with E-state index < -0.39 is 0 Å². The zero-order valence-electron chi connectivity index (χ0n) is 12.0. The summed E-state index contributed by atoms with van der Waals surface area (Å²) in [6.45, 7) is 2.22. The van der Waals surface area contributed by atoms with Gasteiger partial charge in [0.15, 0.2) is 0 Å². The lowest BCUT2D eigenvalue weighted by atomic mass is 9.98. The zero-order chi connectivity index (χ0) is 14.3. The van der Waals surface area contributed by atoms with Crippen LogP contribution in [0, 0.1) is 5.92 Å². The van der Waals surface area contributed by atoms with E-state index in [1.54, 1.807) is 6.20 Å². The zero-order valence-corrected chi connectivity index (χ0v) is 12.0.